The Bertz CT molecular complexity index is 1150. The molecule has 34 heavy (non-hydrogen) atoms. The van der Waals surface area contributed by atoms with Crippen LogP contribution in [0.25, 0.3) is 6.08 Å². The van der Waals surface area contributed by atoms with Crippen LogP contribution in [-0.4, -0.2) is 46.0 Å². The van der Waals surface area contributed by atoms with Crippen molar-refractivity contribution in [2.45, 2.75) is 38.8 Å². The number of nitrogens with zero attached hydrogens (tertiary/aromatic N) is 1. The smallest absolute Gasteiger partial charge is 0.408 e. The van der Waals surface area contributed by atoms with E-state index in [1.165, 1.54) is 18.2 Å². The second-order valence-corrected chi connectivity index (χ2v) is 8.85. The molecule has 0 radical (unpaired) electrons. The molecule has 1 aliphatic rings. The van der Waals surface area contributed by atoms with Crippen LogP contribution < -0.4 is 11.1 Å². The molecule has 0 spiro atoms. The predicted molar refractivity (Wildman–Crippen MR) is 126 cm³/mol. The average Bonchev–Trinajstić information content (AvgIpc) is 2.75. The molecule has 1 atom stereocenters. The quantitative estimate of drug-likeness (QED) is 0.457. The van der Waals surface area contributed by atoms with Crippen LogP contribution in [0.4, 0.5) is 10.5 Å². The van der Waals surface area contributed by atoms with E-state index in [4.69, 9.17) is 10.5 Å². The molecule has 4 N–H and O–H groups in total. The molecule has 1 aliphatic heterocycles. The monoisotopic (exact) mass is 465 g/mol. The number of fused-ring (bicyclic) bond motifs is 1. The number of carboxylic acid groups (broad SMARTS) is 1. The first-order chi connectivity index (χ1) is 16.0. The van der Waals surface area contributed by atoms with Gasteiger partial charge in [-0.25, -0.2) is 9.59 Å². The molecular weight excluding hydrogens is 438 g/mol. The number of rotatable bonds is 5. The number of primary amides is 1. The molecule has 1 unspecified atom stereocenters. The standard InChI is InChI=1S/C25H27N3O6/c1-25(2,3)34-23(31)16-7-10-17(11-8-16)27-22(30)21-19-6-4-5-15(9-12-20(26)29)18(19)13-14-28(21)24(32)33/h4-12,21H,13-14H2,1-3H3,(H2,26,29)(H,27,30)(H,32,33)/b12-9+. The number of carbonyl (C=O) groups excluding carboxylic acids is 3. The van der Waals surface area contributed by atoms with Crippen molar-refractivity contribution in [2.24, 2.45) is 5.73 Å². The molecule has 0 saturated heterocycles. The molecule has 0 aliphatic carbocycles. The molecule has 9 heteroatoms. The van der Waals surface area contributed by atoms with Gasteiger partial charge in [0.2, 0.25) is 5.91 Å². The lowest BCUT2D eigenvalue weighted by molar-refractivity contribution is -0.121. The molecule has 2 aromatic rings. The number of ether oxygens (including phenoxy) is 1. The number of hydrogen-bond donors (Lipinski definition) is 3. The summed E-state index contributed by atoms with van der Waals surface area (Å²) < 4.78 is 5.33. The summed E-state index contributed by atoms with van der Waals surface area (Å²) >= 11 is 0. The Labute approximate surface area is 197 Å². The molecule has 1 heterocycles. The van der Waals surface area contributed by atoms with Crippen molar-refractivity contribution < 1.29 is 29.0 Å². The number of esters is 1. The third-order valence-electron chi connectivity index (χ3n) is 5.17. The van der Waals surface area contributed by atoms with Crippen molar-refractivity contribution in [3.8, 4) is 0 Å². The Balaban J connectivity index is 1.87. The van der Waals surface area contributed by atoms with E-state index in [0.29, 0.717) is 28.8 Å². The van der Waals surface area contributed by atoms with E-state index < -0.39 is 35.5 Å². The zero-order valence-electron chi connectivity index (χ0n) is 19.2. The van der Waals surface area contributed by atoms with Crippen molar-refractivity contribution in [1.82, 2.24) is 4.90 Å². The van der Waals surface area contributed by atoms with Crippen molar-refractivity contribution in [3.05, 3.63) is 70.8 Å². The first-order valence-corrected chi connectivity index (χ1v) is 10.7. The number of nitrogens with one attached hydrogen (secondary N) is 1. The maximum absolute atomic E-state index is 13.2. The maximum Gasteiger partial charge on any atom is 0.408 e. The zero-order valence-corrected chi connectivity index (χ0v) is 19.2. The minimum Gasteiger partial charge on any atom is -0.465 e. The van der Waals surface area contributed by atoms with E-state index in [1.54, 1.807) is 57.2 Å². The Hall–Kier alpha value is -4.14. The van der Waals surface area contributed by atoms with Crippen LogP contribution in [0, 0.1) is 0 Å². The van der Waals surface area contributed by atoms with Gasteiger partial charge in [-0.15, -0.1) is 0 Å². The molecule has 2 aromatic carbocycles. The fraction of sp³-hybridized carbons (Fsp3) is 0.280. The van der Waals surface area contributed by atoms with Gasteiger partial charge in [-0.3, -0.25) is 14.5 Å². The Morgan fingerprint density at radius 1 is 1.12 bits per heavy atom. The maximum atomic E-state index is 13.2. The first-order valence-electron chi connectivity index (χ1n) is 10.7. The van der Waals surface area contributed by atoms with Crippen molar-refractivity contribution in [1.29, 1.82) is 0 Å². The highest BCUT2D eigenvalue weighted by Gasteiger charge is 2.36. The molecular formula is C25H27N3O6. The van der Waals surface area contributed by atoms with Crippen molar-refractivity contribution >= 4 is 35.6 Å². The molecule has 178 valence electrons. The lowest BCUT2D eigenvalue weighted by atomic mass is 9.88. The van der Waals surface area contributed by atoms with Crippen LogP contribution in [0.3, 0.4) is 0 Å². The summed E-state index contributed by atoms with van der Waals surface area (Å²) in [6.07, 6.45) is 1.95. The molecule has 0 bridgehead atoms. The van der Waals surface area contributed by atoms with Crippen LogP contribution >= 0.6 is 0 Å². The van der Waals surface area contributed by atoms with E-state index in [2.05, 4.69) is 5.32 Å². The number of hydrogen-bond acceptors (Lipinski definition) is 5. The average molecular weight is 466 g/mol. The minimum atomic E-state index is -1.22. The summed E-state index contributed by atoms with van der Waals surface area (Å²) in [4.78, 5) is 49.5. The van der Waals surface area contributed by atoms with E-state index in [9.17, 15) is 24.3 Å². The van der Waals surface area contributed by atoms with Gasteiger partial charge in [0.1, 0.15) is 11.6 Å². The Morgan fingerprint density at radius 3 is 2.38 bits per heavy atom. The third kappa shape index (κ3) is 5.80. The fourth-order valence-electron chi connectivity index (χ4n) is 3.75. The van der Waals surface area contributed by atoms with Crippen LogP contribution in [0.5, 0.6) is 0 Å². The van der Waals surface area contributed by atoms with Gasteiger partial charge in [0.25, 0.3) is 5.91 Å². The van der Waals surface area contributed by atoms with Crippen LogP contribution in [0.15, 0.2) is 48.5 Å². The Kier molecular flexibility index (Phi) is 7.05. The minimum absolute atomic E-state index is 0.111. The summed E-state index contributed by atoms with van der Waals surface area (Å²) in [6, 6.07) is 10.2. The van der Waals surface area contributed by atoms with E-state index in [-0.39, 0.29) is 6.54 Å². The van der Waals surface area contributed by atoms with Gasteiger partial charge in [0.15, 0.2) is 0 Å². The van der Waals surface area contributed by atoms with Crippen LogP contribution in [-0.2, 0) is 20.7 Å². The van der Waals surface area contributed by atoms with E-state index >= 15 is 0 Å². The van der Waals surface area contributed by atoms with Gasteiger partial charge in [-0.1, -0.05) is 18.2 Å². The summed E-state index contributed by atoms with van der Waals surface area (Å²) in [5, 5.41) is 12.4. The lowest BCUT2D eigenvalue weighted by Gasteiger charge is -2.35. The van der Waals surface area contributed by atoms with Crippen molar-refractivity contribution in [3.63, 3.8) is 0 Å². The number of anilines is 1. The third-order valence-corrected chi connectivity index (χ3v) is 5.17. The molecule has 9 nitrogen and oxygen atoms in total. The first kappa shape index (κ1) is 24.5. The molecule has 3 rings (SSSR count). The number of carbonyl (C=O) groups is 4. The SMILES string of the molecule is CC(C)(C)OC(=O)c1ccc(NC(=O)C2c3cccc(/C=C/C(N)=O)c3CCN2C(=O)O)cc1. The summed E-state index contributed by atoms with van der Waals surface area (Å²) in [6.45, 7) is 5.42. The van der Waals surface area contributed by atoms with Gasteiger partial charge in [-0.2, -0.15) is 0 Å². The fourth-order valence-corrected chi connectivity index (χ4v) is 3.75. The predicted octanol–water partition coefficient (Wildman–Crippen LogP) is 3.36. The molecule has 0 aromatic heterocycles. The van der Waals surface area contributed by atoms with Gasteiger partial charge in [-0.05, 0) is 74.2 Å². The summed E-state index contributed by atoms with van der Waals surface area (Å²) in [5.74, 6) is -1.63. The summed E-state index contributed by atoms with van der Waals surface area (Å²) in [5.41, 5.74) is 7.29. The second-order valence-electron chi connectivity index (χ2n) is 8.85. The van der Waals surface area contributed by atoms with Gasteiger partial charge >= 0.3 is 12.1 Å². The number of nitrogens with two attached hydrogens (primary N) is 1. The van der Waals surface area contributed by atoms with Crippen LogP contribution in [0.2, 0.25) is 0 Å². The highest BCUT2D eigenvalue weighted by molar-refractivity contribution is 5.98. The summed E-state index contributed by atoms with van der Waals surface area (Å²) in [7, 11) is 0. The Morgan fingerprint density at radius 2 is 1.79 bits per heavy atom. The second kappa shape index (κ2) is 9.78. The highest BCUT2D eigenvalue weighted by Crippen LogP contribution is 2.33. The van der Waals surface area contributed by atoms with Gasteiger partial charge < -0.3 is 20.9 Å². The number of benzene rings is 2. The molecule has 3 amide bonds. The highest BCUT2D eigenvalue weighted by atomic mass is 16.6. The van der Waals surface area contributed by atoms with Crippen LogP contribution in [0.1, 0.15) is 53.9 Å². The largest absolute Gasteiger partial charge is 0.465 e. The van der Waals surface area contributed by atoms with Crippen molar-refractivity contribution in [2.75, 3.05) is 11.9 Å². The normalized spacial score (nSPS) is 15.5. The van der Waals surface area contributed by atoms with Gasteiger partial charge in [0, 0.05) is 18.3 Å². The lowest BCUT2D eigenvalue weighted by Crippen LogP contribution is -2.45. The van der Waals surface area contributed by atoms with E-state index in [1.807, 2.05) is 0 Å². The topological polar surface area (TPSA) is 139 Å². The van der Waals surface area contributed by atoms with Gasteiger partial charge in [0.05, 0.1) is 5.56 Å². The molecule has 0 saturated carbocycles. The van der Waals surface area contributed by atoms with E-state index in [0.717, 1.165) is 10.5 Å². The molecule has 0 fully saturated rings. The zero-order chi connectivity index (χ0) is 25.0. The number of amides is 3.